The van der Waals surface area contributed by atoms with E-state index in [1.54, 1.807) is 31.2 Å². The number of esters is 1. The first-order valence-corrected chi connectivity index (χ1v) is 6.76. The molecular formula is C15H14N2O6. The quantitative estimate of drug-likeness (QED) is 0.461. The van der Waals surface area contributed by atoms with Gasteiger partial charge in [0.2, 0.25) is 0 Å². The highest BCUT2D eigenvalue weighted by molar-refractivity contribution is 6.31. The van der Waals surface area contributed by atoms with Gasteiger partial charge in [-0.2, -0.15) is 0 Å². The van der Waals surface area contributed by atoms with E-state index in [0.717, 1.165) is 0 Å². The van der Waals surface area contributed by atoms with Gasteiger partial charge in [0.15, 0.2) is 6.61 Å². The molecule has 0 aliphatic carbocycles. The molecule has 23 heavy (non-hydrogen) atoms. The third kappa shape index (κ3) is 4.40. The Hall–Kier alpha value is -3.16. The summed E-state index contributed by atoms with van der Waals surface area (Å²) >= 11 is 0. The van der Waals surface area contributed by atoms with E-state index in [1.165, 1.54) is 6.08 Å². The maximum Gasteiger partial charge on any atom is 0.344 e. The smallest absolute Gasteiger partial charge is 0.344 e. The Labute approximate surface area is 131 Å². The Balaban J connectivity index is 2.03. The van der Waals surface area contributed by atoms with Gasteiger partial charge in [0, 0.05) is 0 Å². The van der Waals surface area contributed by atoms with Crippen molar-refractivity contribution in [1.82, 2.24) is 10.6 Å². The lowest BCUT2D eigenvalue weighted by Gasteiger charge is -2.13. The van der Waals surface area contributed by atoms with Gasteiger partial charge in [-0.05, 0) is 30.7 Å². The highest BCUT2D eigenvalue weighted by Gasteiger charge is 2.27. The van der Waals surface area contributed by atoms with Crippen LogP contribution in [0.5, 0.6) is 5.75 Å². The summed E-state index contributed by atoms with van der Waals surface area (Å²) in [6.07, 6.45) is 1.34. The van der Waals surface area contributed by atoms with E-state index in [9.17, 15) is 19.2 Å². The number of barbiturate groups is 1. The first-order valence-electron chi connectivity index (χ1n) is 6.76. The van der Waals surface area contributed by atoms with Crippen LogP contribution in [0.3, 0.4) is 0 Å². The van der Waals surface area contributed by atoms with E-state index >= 15 is 0 Å². The Morgan fingerprint density at radius 1 is 1.09 bits per heavy atom. The molecule has 1 aliphatic rings. The lowest BCUT2D eigenvalue weighted by molar-refractivity contribution is -0.145. The molecule has 1 aliphatic heterocycles. The summed E-state index contributed by atoms with van der Waals surface area (Å²) in [5, 5.41) is 3.96. The van der Waals surface area contributed by atoms with Crippen molar-refractivity contribution in [1.29, 1.82) is 0 Å². The molecule has 0 radical (unpaired) electrons. The molecule has 8 nitrogen and oxygen atoms in total. The van der Waals surface area contributed by atoms with Gasteiger partial charge in [0.05, 0.1) is 6.61 Å². The van der Waals surface area contributed by atoms with Crippen LogP contribution in [0.4, 0.5) is 4.79 Å². The van der Waals surface area contributed by atoms with E-state index in [1.807, 2.05) is 10.6 Å². The van der Waals surface area contributed by atoms with Gasteiger partial charge in [-0.1, -0.05) is 12.1 Å². The topological polar surface area (TPSA) is 111 Å². The molecule has 0 atom stereocenters. The Morgan fingerprint density at radius 3 is 2.26 bits per heavy atom. The number of carbonyl (C=O) groups is 4. The first-order chi connectivity index (χ1) is 11.0. The van der Waals surface area contributed by atoms with E-state index in [4.69, 9.17) is 9.47 Å². The predicted octanol–water partition coefficient (Wildman–Crippen LogP) is 0.378. The molecule has 0 saturated carbocycles. The number of ether oxygens (including phenoxy) is 2. The summed E-state index contributed by atoms with van der Waals surface area (Å²) < 4.78 is 9.95. The zero-order chi connectivity index (χ0) is 16.8. The van der Waals surface area contributed by atoms with Crippen LogP contribution in [-0.4, -0.2) is 37.0 Å². The summed E-state index contributed by atoms with van der Waals surface area (Å²) in [5.41, 5.74) is 0.382. The zero-order valence-electron chi connectivity index (χ0n) is 12.3. The third-order valence-corrected chi connectivity index (χ3v) is 2.80. The molecule has 1 aromatic carbocycles. The highest BCUT2D eigenvalue weighted by atomic mass is 16.6. The summed E-state index contributed by atoms with van der Waals surface area (Å²) in [6.45, 7) is 1.77. The number of rotatable bonds is 5. The molecule has 0 spiro atoms. The Kier molecular flexibility index (Phi) is 5.08. The van der Waals surface area contributed by atoms with Crippen LogP contribution < -0.4 is 15.4 Å². The minimum atomic E-state index is -0.847. The zero-order valence-corrected chi connectivity index (χ0v) is 12.3. The fourth-order valence-electron chi connectivity index (χ4n) is 1.78. The molecule has 0 unspecified atom stereocenters. The van der Waals surface area contributed by atoms with Crippen molar-refractivity contribution < 1.29 is 28.7 Å². The van der Waals surface area contributed by atoms with Gasteiger partial charge in [-0.15, -0.1) is 0 Å². The van der Waals surface area contributed by atoms with Crippen molar-refractivity contribution in [3.05, 3.63) is 35.4 Å². The van der Waals surface area contributed by atoms with Gasteiger partial charge in [-0.25, -0.2) is 9.59 Å². The van der Waals surface area contributed by atoms with Crippen molar-refractivity contribution in [3.8, 4) is 5.75 Å². The summed E-state index contributed by atoms with van der Waals surface area (Å²) in [4.78, 5) is 45.3. The number of benzene rings is 1. The second kappa shape index (κ2) is 7.21. The molecule has 120 valence electrons. The van der Waals surface area contributed by atoms with Crippen molar-refractivity contribution in [3.63, 3.8) is 0 Å². The van der Waals surface area contributed by atoms with Crippen molar-refractivity contribution >= 4 is 29.9 Å². The average molecular weight is 318 g/mol. The number of urea groups is 1. The van der Waals surface area contributed by atoms with Crippen molar-refractivity contribution in [2.24, 2.45) is 0 Å². The molecule has 2 rings (SSSR count). The lowest BCUT2D eigenvalue weighted by atomic mass is 10.1. The average Bonchev–Trinajstić information content (AvgIpc) is 2.50. The van der Waals surface area contributed by atoms with Gasteiger partial charge in [-0.3, -0.25) is 20.2 Å². The fourth-order valence-corrected chi connectivity index (χ4v) is 1.78. The molecular weight excluding hydrogens is 304 g/mol. The second-order valence-electron chi connectivity index (χ2n) is 4.46. The number of amides is 4. The minimum absolute atomic E-state index is 0.176. The third-order valence-electron chi connectivity index (χ3n) is 2.80. The van der Waals surface area contributed by atoms with E-state index in [0.29, 0.717) is 11.3 Å². The van der Waals surface area contributed by atoms with E-state index < -0.39 is 23.8 Å². The molecule has 8 heteroatoms. The van der Waals surface area contributed by atoms with Gasteiger partial charge >= 0.3 is 12.0 Å². The number of imide groups is 2. The van der Waals surface area contributed by atoms with Gasteiger partial charge < -0.3 is 9.47 Å². The molecule has 0 aromatic heterocycles. The predicted molar refractivity (Wildman–Crippen MR) is 78.2 cm³/mol. The summed E-state index contributed by atoms with van der Waals surface area (Å²) in [5.74, 6) is -1.56. The van der Waals surface area contributed by atoms with Crippen LogP contribution in [0.1, 0.15) is 12.5 Å². The number of hydrogen-bond acceptors (Lipinski definition) is 6. The molecule has 4 amide bonds. The standard InChI is InChI=1S/C15H14N2O6/c1-2-22-12(18)8-23-10-5-3-9(4-6-10)7-11-13(19)16-15(21)17-14(11)20/h3-7H,2,8H2,1H3,(H2,16,17,19,20,21). The molecule has 1 aromatic rings. The largest absolute Gasteiger partial charge is 0.482 e. The van der Waals surface area contributed by atoms with Crippen molar-refractivity contribution in [2.75, 3.05) is 13.2 Å². The van der Waals surface area contributed by atoms with E-state index in [2.05, 4.69) is 0 Å². The van der Waals surface area contributed by atoms with Crippen LogP contribution in [0.15, 0.2) is 29.8 Å². The Bertz CT molecular complexity index is 656. The maximum atomic E-state index is 11.6. The molecule has 2 N–H and O–H groups in total. The number of nitrogens with one attached hydrogen (secondary N) is 2. The SMILES string of the molecule is CCOC(=O)COc1ccc(C=C2C(=O)NC(=O)NC2=O)cc1. The van der Waals surface area contributed by atoms with Crippen LogP contribution >= 0.6 is 0 Å². The van der Waals surface area contributed by atoms with Crippen LogP contribution in [0.25, 0.3) is 6.08 Å². The van der Waals surface area contributed by atoms with Crippen LogP contribution in [-0.2, 0) is 19.1 Å². The maximum absolute atomic E-state index is 11.6. The second-order valence-corrected chi connectivity index (χ2v) is 4.46. The molecule has 1 saturated heterocycles. The minimum Gasteiger partial charge on any atom is -0.482 e. The summed E-state index contributed by atoms with van der Waals surface area (Å²) in [6, 6.07) is 5.51. The number of carbonyl (C=O) groups excluding carboxylic acids is 4. The van der Waals surface area contributed by atoms with Crippen LogP contribution in [0.2, 0.25) is 0 Å². The summed E-state index contributed by atoms with van der Waals surface area (Å²) in [7, 11) is 0. The molecule has 0 bridgehead atoms. The van der Waals surface area contributed by atoms with Gasteiger partial charge in [0.1, 0.15) is 11.3 Å². The first kappa shape index (κ1) is 16.2. The highest BCUT2D eigenvalue weighted by Crippen LogP contribution is 2.15. The normalized spacial score (nSPS) is 14.0. The van der Waals surface area contributed by atoms with E-state index in [-0.39, 0.29) is 18.8 Å². The molecule has 1 fully saturated rings. The molecule has 1 heterocycles. The Morgan fingerprint density at radius 2 is 1.70 bits per heavy atom. The monoisotopic (exact) mass is 318 g/mol. The fraction of sp³-hybridized carbons (Fsp3) is 0.200. The lowest BCUT2D eigenvalue weighted by Crippen LogP contribution is -2.51. The number of hydrogen-bond donors (Lipinski definition) is 2. The van der Waals surface area contributed by atoms with Gasteiger partial charge in [0.25, 0.3) is 11.8 Å². The van der Waals surface area contributed by atoms with Crippen LogP contribution in [0, 0.1) is 0 Å². The van der Waals surface area contributed by atoms with Crippen molar-refractivity contribution in [2.45, 2.75) is 6.92 Å².